The van der Waals surface area contributed by atoms with Crippen molar-refractivity contribution < 1.29 is 12.9 Å². The van der Waals surface area contributed by atoms with E-state index in [4.69, 9.17) is 0 Å². The lowest BCUT2D eigenvalue weighted by molar-refractivity contribution is 0.487. The number of hydrogen-bond acceptors (Lipinski definition) is 1. The van der Waals surface area contributed by atoms with E-state index in [0.29, 0.717) is 6.54 Å². The first kappa shape index (κ1) is 13.1. The van der Waals surface area contributed by atoms with Crippen LogP contribution in [-0.2, 0) is 6.42 Å². The zero-order chi connectivity index (χ0) is 13.2. The molecule has 18 heavy (non-hydrogen) atoms. The molecule has 5 heteroatoms. The predicted octanol–water partition coefficient (Wildman–Crippen LogP) is 3.77. The van der Waals surface area contributed by atoms with Crippen molar-refractivity contribution in [2.75, 3.05) is 18.0 Å². The molecule has 0 radical (unpaired) electrons. The maximum atomic E-state index is 12.6. The minimum Gasteiger partial charge on any atom is -0.445 e. The summed E-state index contributed by atoms with van der Waals surface area (Å²) in [4.78, 5) is 1.81. The maximum absolute atomic E-state index is 12.6. The molecule has 0 saturated carbocycles. The Hall–Kier alpha value is -1.39. The van der Waals surface area contributed by atoms with E-state index in [-0.39, 0.29) is 6.54 Å². The second-order valence-electron chi connectivity index (χ2n) is 4.74. The molecule has 1 heterocycles. The molecule has 1 aromatic rings. The van der Waals surface area contributed by atoms with Gasteiger partial charge in [0.1, 0.15) is 0 Å². The van der Waals surface area contributed by atoms with Crippen molar-refractivity contribution in [2.24, 2.45) is 0 Å². The average Bonchev–Trinajstić information content (AvgIpc) is 2.51. The van der Waals surface area contributed by atoms with Gasteiger partial charge in [0.2, 0.25) is 0 Å². The van der Waals surface area contributed by atoms with Crippen LogP contribution in [0.5, 0.6) is 0 Å². The molecular formula is C13H16BF3N-. The molecule has 0 N–H and O–H groups in total. The monoisotopic (exact) mass is 254 g/mol. The SMILES string of the molecule is C=C(CN1CCCCc2ccccc21)[B-](F)(F)F. The Balaban J connectivity index is 2.21. The summed E-state index contributed by atoms with van der Waals surface area (Å²) >= 11 is 0. The van der Waals surface area contributed by atoms with Crippen LogP contribution in [0.1, 0.15) is 18.4 Å². The van der Waals surface area contributed by atoms with E-state index in [0.717, 1.165) is 30.5 Å². The van der Waals surface area contributed by atoms with Gasteiger partial charge in [-0.15, -0.1) is 12.1 Å². The number of fused-ring (bicyclic) bond motifs is 1. The van der Waals surface area contributed by atoms with E-state index < -0.39 is 12.4 Å². The van der Waals surface area contributed by atoms with Crippen molar-refractivity contribution in [3.05, 3.63) is 41.9 Å². The second kappa shape index (κ2) is 5.08. The number of para-hydroxylation sites is 1. The molecule has 1 aliphatic rings. The minimum absolute atomic E-state index is 0.111. The number of benzene rings is 1. The van der Waals surface area contributed by atoms with Crippen LogP contribution in [0.15, 0.2) is 36.3 Å². The standard InChI is InChI=1S/C13H16BF3N/c1-11(14(15,16)17)10-18-9-5-4-7-12-6-2-3-8-13(12)18/h2-3,6,8H,1,4-5,7,9-10H2/q-1. The van der Waals surface area contributed by atoms with Crippen LogP contribution in [0.2, 0.25) is 0 Å². The van der Waals surface area contributed by atoms with Crippen LogP contribution in [0, 0.1) is 0 Å². The number of rotatable bonds is 3. The molecule has 1 aliphatic heterocycles. The number of hydrogen-bond donors (Lipinski definition) is 0. The quantitative estimate of drug-likeness (QED) is 0.742. The first-order valence-electron chi connectivity index (χ1n) is 6.19. The van der Waals surface area contributed by atoms with Crippen molar-refractivity contribution in [1.82, 2.24) is 0 Å². The fraction of sp³-hybridized carbons (Fsp3) is 0.385. The summed E-state index contributed by atoms with van der Waals surface area (Å²) < 4.78 is 37.9. The molecule has 98 valence electrons. The van der Waals surface area contributed by atoms with E-state index in [2.05, 4.69) is 6.58 Å². The topological polar surface area (TPSA) is 3.24 Å². The lowest BCUT2D eigenvalue weighted by atomic mass is 9.80. The Kier molecular flexibility index (Phi) is 3.69. The number of halogens is 3. The fourth-order valence-electron chi connectivity index (χ4n) is 2.28. The van der Waals surface area contributed by atoms with E-state index in [1.165, 1.54) is 0 Å². The van der Waals surface area contributed by atoms with Gasteiger partial charge >= 0.3 is 6.98 Å². The molecule has 0 fully saturated rings. The van der Waals surface area contributed by atoms with E-state index in [1.807, 2.05) is 24.3 Å². The largest absolute Gasteiger partial charge is 0.506 e. The van der Waals surface area contributed by atoms with Crippen LogP contribution in [-0.4, -0.2) is 20.1 Å². The van der Waals surface area contributed by atoms with Gasteiger partial charge in [0.05, 0.1) is 0 Å². The third kappa shape index (κ3) is 2.89. The second-order valence-corrected chi connectivity index (χ2v) is 4.74. The van der Waals surface area contributed by atoms with Gasteiger partial charge in [0.25, 0.3) is 0 Å². The van der Waals surface area contributed by atoms with Gasteiger partial charge in [-0.1, -0.05) is 18.2 Å². The van der Waals surface area contributed by atoms with Crippen molar-refractivity contribution in [2.45, 2.75) is 19.3 Å². The highest BCUT2D eigenvalue weighted by Crippen LogP contribution is 2.28. The number of anilines is 1. The van der Waals surface area contributed by atoms with Gasteiger partial charge in [0, 0.05) is 18.8 Å². The van der Waals surface area contributed by atoms with Crippen LogP contribution in [0.3, 0.4) is 0 Å². The molecule has 0 bridgehead atoms. The molecular weight excluding hydrogens is 238 g/mol. The highest BCUT2D eigenvalue weighted by molar-refractivity contribution is 6.66. The summed E-state index contributed by atoms with van der Waals surface area (Å²) in [5.74, 6) is 0. The van der Waals surface area contributed by atoms with Crippen molar-refractivity contribution >= 4 is 12.7 Å². The third-order valence-electron chi connectivity index (χ3n) is 3.31. The smallest absolute Gasteiger partial charge is 0.445 e. The lowest BCUT2D eigenvalue weighted by Gasteiger charge is -2.29. The average molecular weight is 254 g/mol. The number of nitrogens with zero attached hydrogens (tertiary/aromatic N) is 1. The van der Waals surface area contributed by atoms with Gasteiger partial charge in [-0.2, -0.15) is 0 Å². The van der Waals surface area contributed by atoms with Gasteiger partial charge in [0.15, 0.2) is 0 Å². The summed E-state index contributed by atoms with van der Waals surface area (Å²) in [5, 5.41) is 0. The summed E-state index contributed by atoms with van der Waals surface area (Å²) in [6.07, 6.45) is 2.89. The molecule has 0 spiro atoms. The highest BCUT2D eigenvalue weighted by atomic mass is 19.4. The molecule has 0 unspecified atom stereocenters. The van der Waals surface area contributed by atoms with Gasteiger partial charge in [-0.3, -0.25) is 0 Å². The molecule has 1 nitrogen and oxygen atoms in total. The highest BCUT2D eigenvalue weighted by Gasteiger charge is 2.28. The van der Waals surface area contributed by atoms with E-state index >= 15 is 0 Å². The Labute approximate surface area is 105 Å². The Morgan fingerprint density at radius 1 is 1.22 bits per heavy atom. The van der Waals surface area contributed by atoms with E-state index in [1.54, 1.807) is 4.90 Å². The predicted molar refractivity (Wildman–Crippen MR) is 69.8 cm³/mol. The third-order valence-corrected chi connectivity index (χ3v) is 3.31. The molecule has 0 saturated heterocycles. The van der Waals surface area contributed by atoms with Crippen LogP contribution in [0.25, 0.3) is 0 Å². The first-order chi connectivity index (χ1) is 8.48. The Bertz CT molecular complexity index is 442. The molecule has 0 amide bonds. The Morgan fingerprint density at radius 3 is 2.67 bits per heavy atom. The van der Waals surface area contributed by atoms with Crippen molar-refractivity contribution in [3.63, 3.8) is 0 Å². The minimum atomic E-state index is -4.94. The van der Waals surface area contributed by atoms with Crippen LogP contribution >= 0.6 is 0 Å². The maximum Gasteiger partial charge on any atom is 0.506 e. The summed E-state index contributed by atoms with van der Waals surface area (Å²) in [7, 11) is 0. The summed E-state index contributed by atoms with van der Waals surface area (Å²) in [6, 6.07) is 7.70. The first-order valence-corrected chi connectivity index (χ1v) is 6.19. The fourth-order valence-corrected chi connectivity index (χ4v) is 2.28. The van der Waals surface area contributed by atoms with Crippen LogP contribution in [0.4, 0.5) is 18.6 Å². The molecule has 0 aromatic heterocycles. The zero-order valence-corrected chi connectivity index (χ0v) is 10.2. The molecule has 0 atom stereocenters. The normalized spacial score (nSPS) is 16.1. The summed E-state index contributed by atoms with van der Waals surface area (Å²) in [6.45, 7) is -1.20. The molecule has 1 aromatic carbocycles. The van der Waals surface area contributed by atoms with Gasteiger partial charge in [-0.25, -0.2) is 0 Å². The lowest BCUT2D eigenvalue weighted by Crippen LogP contribution is -2.33. The van der Waals surface area contributed by atoms with E-state index in [9.17, 15) is 12.9 Å². The van der Waals surface area contributed by atoms with Crippen LogP contribution < -0.4 is 4.90 Å². The molecule has 0 aliphatic carbocycles. The van der Waals surface area contributed by atoms with Crippen molar-refractivity contribution in [3.8, 4) is 0 Å². The van der Waals surface area contributed by atoms with Gasteiger partial charge < -0.3 is 17.8 Å². The van der Waals surface area contributed by atoms with Crippen molar-refractivity contribution in [1.29, 1.82) is 0 Å². The van der Waals surface area contributed by atoms with Gasteiger partial charge in [-0.05, 0) is 30.9 Å². The Morgan fingerprint density at radius 2 is 1.94 bits per heavy atom. The zero-order valence-electron chi connectivity index (χ0n) is 10.2. The number of aryl methyl sites for hydroxylation is 1. The molecule has 2 rings (SSSR count). The summed E-state index contributed by atoms with van der Waals surface area (Å²) in [5.41, 5.74) is 1.44.